The van der Waals surface area contributed by atoms with Crippen LogP contribution in [0.4, 0.5) is 11.5 Å². The predicted molar refractivity (Wildman–Crippen MR) is 48.8 cm³/mol. The van der Waals surface area contributed by atoms with Gasteiger partial charge in [0.25, 0.3) is 0 Å². The lowest BCUT2D eigenvalue weighted by Gasteiger charge is -2.03. The number of hydrogen-bond donors (Lipinski definition) is 3. The van der Waals surface area contributed by atoms with Gasteiger partial charge in [0, 0.05) is 11.9 Å². The molecule has 0 atom stereocenters. The maximum Gasteiger partial charge on any atom is 0.135 e. The molecule has 58 valence electrons. The minimum absolute atomic E-state index is 0.153. The number of nitrogens with zero attached hydrogens (tertiary/aromatic N) is 1. The van der Waals surface area contributed by atoms with Gasteiger partial charge in [-0.2, -0.15) is 0 Å². The first-order chi connectivity index (χ1) is 5.13. The molecule has 5 N–H and O–H groups in total. The third-order valence-corrected chi connectivity index (χ3v) is 1.63. The molecule has 0 fully saturated rings. The van der Waals surface area contributed by atoms with E-state index in [4.69, 9.17) is 16.9 Å². The Hall–Kier alpha value is -1.10. The molecular weight excluding hydrogens is 208 g/mol. The summed E-state index contributed by atoms with van der Waals surface area (Å²) in [5.74, 6) is 0.270. The van der Waals surface area contributed by atoms with Crippen molar-refractivity contribution in [3.63, 3.8) is 0 Å². The standard InChI is InChI=1S/C6H7BrN4/c7-5(9)4-3(8)1-2-11-6(4)10/h1-2,9H,(H4,8,10,11). The zero-order valence-electron chi connectivity index (χ0n) is 5.63. The van der Waals surface area contributed by atoms with Crippen LogP contribution in [0.3, 0.4) is 0 Å². The third-order valence-electron chi connectivity index (χ3n) is 1.23. The van der Waals surface area contributed by atoms with Crippen LogP contribution >= 0.6 is 15.9 Å². The highest BCUT2D eigenvalue weighted by Crippen LogP contribution is 2.18. The van der Waals surface area contributed by atoms with Gasteiger partial charge in [-0.25, -0.2) is 4.98 Å². The Morgan fingerprint density at radius 3 is 2.55 bits per heavy atom. The lowest BCUT2D eigenvalue weighted by atomic mass is 10.2. The molecule has 0 aromatic carbocycles. The first-order valence-corrected chi connectivity index (χ1v) is 3.66. The van der Waals surface area contributed by atoms with E-state index in [9.17, 15) is 0 Å². The summed E-state index contributed by atoms with van der Waals surface area (Å²) in [6, 6.07) is 1.60. The van der Waals surface area contributed by atoms with Gasteiger partial charge in [0.2, 0.25) is 0 Å². The minimum atomic E-state index is 0.153. The summed E-state index contributed by atoms with van der Waals surface area (Å²) in [5, 5.41) is 7.23. The van der Waals surface area contributed by atoms with E-state index in [-0.39, 0.29) is 10.4 Å². The molecule has 1 heterocycles. The monoisotopic (exact) mass is 214 g/mol. The van der Waals surface area contributed by atoms with E-state index in [0.717, 1.165) is 0 Å². The van der Waals surface area contributed by atoms with Gasteiger partial charge >= 0.3 is 0 Å². The Labute approximate surface area is 72.2 Å². The van der Waals surface area contributed by atoms with E-state index in [2.05, 4.69) is 20.9 Å². The number of aromatic nitrogens is 1. The largest absolute Gasteiger partial charge is 0.398 e. The maximum atomic E-state index is 7.23. The van der Waals surface area contributed by atoms with E-state index in [0.29, 0.717) is 11.3 Å². The number of nitrogens with one attached hydrogen (secondary N) is 1. The second kappa shape index (κ2) is 2.87. The van der Waals surface area contributed by atoms with Gasteiger partial charge in [0.05, 0.1) is 5.56 Å². The number of rotatable bonds is 1. The smallest absolute Gasteiger partial charge is 0.135 e. The zero-order valence-corrected chi connectivity index (χ0v) is 7.22. The third kappa shape index (κ3) is 1.48. The molecule has 1 aromatic heterocycles. The van der Waals surface area contributed by atoms with Crippen molar-refractivity contribution in [2.45, 2.75) is 0 Å². The van der Waals surface area contributed by atoms with Crippen molar-refractivity contribution in [1.82, 2.24) is 4.98 Å². The Kier molecular flexibility index (Phi) is 2.09. The van der Waals surface area contributed by atoms with Crippen molar-refractivity contribution >= 4 is 32.1 Å². The fraction of sp³-hybridized carbons (Fsp3) is 0. The van der Waals surface area contributed by atoms with Crippen LogP contribution in [0, 0.1) is 5.41 Å². The summed E-state index contributed by atoms with van der Waals surface area (Å²) in [6.45, 7) is 0. The lowest BCUT2D eigenvalue weighted by Crippen LogP contribution is -2.04. The number of anilines is 2. The summed E-state index contributed by atoms with van der Waals surface area (Å²) in [6.07, 6.45) is 1.50. The van der Waals surface area contributed by atoms with Gasteiger partial charge < -0.3 is 11.5 Å². The quantitative estimate of drug-likeness (QED) is 0.609. The van der Waals surface area contributed by atoms with Crippen LogP contribution in [0.15, 0.2) is 12.3 Å². The summed E-state index contributed by atoms with van der Waals surface area (Å²) in [7, 11) is 0. The number of pyridine rings is 1. The van der Waals surface area contributed by atoms with Gasteiger partial charge in [-0.3, -0.25) is 5.41 Å². The van der Waals surface area contributed by atoms with Gasteiger partial charge in [0.1, 0.15) is 10.4 Å². The maximum absolute atomic E-state index is 7.23. The molecule has 1 aromatic rings. The minimum Gasteiger partial charge on any atom is -0.398 e. The topological polar surface area (TPSA) is 88.8 Å². The van der Waals surface area contributed by atoms with Crippen molar-refractivity contribution < 1.29 is 0 Å². The Morgan fingerprint density at radius 2 is 2.18 bits per heavy atom. The molecule has 0 aliphatic heterocycles. The highest BCUT2D eigenvalue weighted by atomic mass is 79.9. The van der Waals surface area contributed by atoms with Crippen molar-refractivity contribution in [2.75, 3.05) is 11.5 Å². The number of hydrogen-bond acceptors (Lipinski definition) is 4. The molecule has 5 heteroatoms. The van der Waals surface area contributed by atoms with Gasteiger partial charge in [-0.1, -0.05) is 0 Å². The Morgan fingerprint density at radius 1 is 1.55 bits per heavy atom. The molecule has 4 nitrogen and oxygen atoms in total. The molecule has 0 radical (unpaired) electrons. The molecule has 0 saturated heterocycles. The molecule has 11 heavy (non-hydrogen) atoms. The number of nitrogen functional groups attached to an aromatic ring is 2. The predicted octanol–water partition coefficient (Wildman–Crippen LogP) is 0.966. The molecule has 0 bridgehead atoms. The highest BCUT2D eigenvalue weighted by Gasteiger charge is 2.06. The van der Waals surface area contributed by atoms with Crippen molar-refractivity contribution in [3.05, 3.63) is 17.8 Å². The van der Waals surface area contributed by atoms with Gasteiger partial charge in [-0.05, 0) is 22.0 Å². The van der Waals surface area contributed by atoms with Crippen LogP contribution in [0.25, 0.3) is 0 Å². The second-order valence-electron chi connectivity index (χ2n) is 1.97. The summed E-state index contributed by atoms with van der Waals surface area (Å²) in [5.41, 5.74) is 11.9. The Bertz CT molecular complexity index is 276. The van der Waals surface area contributed by atoms with Crippen LogP contribution in [0.2, 0.25) is 0 Å². The van der Waals surface area contributed by atoms with Crippen LogP contribution < -0.4 is 11.5 Å². The first-order valence-electron chi connectivity index (χ1n) is 2.87. The fourth-order valence-electron chi connectivity index (χ4n) is 0.733. The normalized spacial score (nSPS) is 9.55. The zero-order chi connectivity index (χ0) is 8.43. The first kappa shape index (κ1) is 8.00. The summed E-state index contributed by atoms with van der Waals surface area (Å²) >= 11 is 2.97. The molecule has 0 unspecified atom stereocenters. The summed E-state index contributed by atoms with van der Waals surface area (Å²) < 4.78 is 0.153. The molecule has 1 rings (SSSR count). The van der Waals surface area contributed by atoms with Crippen molar-refractivity contribution in [2.24, 2.45) is 0 Å². The average molecular weight is 215 g/mol. The van der Waals surface area contributed by atoms with Crippen molar-refractivity contribution in [1.29, 1.82) is 5.41 Å². The molecule has 0 spiro atoms. The van der Waals surface area contributed by atoms with E-state index in [1.807, 2.05) is 0 Å². The second-order valence-corrected chi connectivity index (χ2v) is 2.77. The van der Waals surface area contributed by atoms with Crippen LogP contribution in [0.5, 0.6) is 0 Å². The molecule has 0 aliphatic rings. The molecular formula is C6H7BrN4. The fourth-order valence-corrected chi connectivity index (χ4v) is 1.16. The SMILES string of the molecule is N=C(Br)c1c(N)ccnc1N. The van der Waals surface area contributed by atoms with Crippen LogP contribution in [0.1, 0.15) is 5.56 Å². The number of halogens is 1. The Balaban J connectivity index is 3.32. The summed E-state index contributed by atoms with van der Waals surface area (Å²) in [4.78, 5) is 3.79. The van der Waals surface area contributed by atoms with E-state index in [1.165, 1.54) is 6.20 Å². The lowest BCUT2D eigenvalue weighted by molar-refractivity contribution is 1.32. The van der Waals surface area contributed by atoms with Gasteiger partial charge in [-0.15, -0.1) is 0 Å². The van der Waals surface area contributed by atoms with Crippen molar-refractivity contribution in [3.8, 4) is 0 Å². The van der Waals surface area contributed by atoms with E-state index >= 15 is 0 Å². The highest BCUT2D eigenvalue weighted by molar-refractivity contribution is 9.18. The van der Waals surface area contributed by atoms with Crippen LogP contribution in [-0.2, 0) is 0 Å². The number of nitrogens with two attached hydrogens (primary N) is 2. The van der Waals surface area contributed by atoms with E-state index < -0.39 is 0 Å². The van der Waals surface area contributed by atoms with Gasteiger partial charge in [0.15, 0.2) is 0 Å². The molecule has 0 aliphatic carbocycles. The molecule has 0 amide bonds. The molecule has 0 saturated carbocycles. The average Bonchev–Trinajstić information content (AvgIpc) is 1.85. The van der Waals surface area contributed by atoms with Crippen LogP contribution in [-0.4, -0.2) is 9.60 Å². The van der Waals surface area contributed by atoms with E-state index in [1.54, 1.807) is 6.07 Å².